The molecule has 0 aromatic carbocycles. The normalized spacial score (nSPS) is 11.4. The molecule has 1 nitrogen and oxygen atoms in total. The van der Waals surface area contributed by atoms with Crippen LogP contribution in [0.2, 0.25) is 0 Å². The second-order valence-corrected chi connectivity index (χ2v) is 7.54. The average molecular weight is 357 g/mol. The fourth-order valence-electron chi connectivity index (χ4n) is 3.17. The van der Waals surface area contributed by atoms with E-state index in [4.69, 9.17) is 11.6 Å². The highest BCUT2D eigenvalue weighted by molar-refractivity contribution is 6.63. The molecule has 0 aliphatic carbocycles. The Morgan fingerprint density at radius 2 is 0.958 bits per heavy atom. The molecule has 0 aliphatic rings. The number of hydrogen-bond acceptors (Lipinski definition) is 1. The highest BCUT2D eigenvalue weighted by Crippen LogP contribution is 2.14. The van der Waals surface area contributed by atoms with Crippen molar-refractivity contribution < 1.29 is 4.79 Å². The number of carbonyl (C=O) groups excluding carboxylic acids is 1. The van der Waals surface area contributed by atoms with Crippen molar-refractivity contribution in [3.63, 3.8) is 0 Å². The topological polar surface area (TPSA) is 17.1 Å². The highest BCUT2D eigenvalue weighted by atomic mass is 35.5. The summed E-state index contributed by atoms with van der Waals surface area (Å²) in [4.78, 5) is 10.6. The molecule has 0 N–H and O–H groups in total. The molecule has 0 aliphatic heterocycles. The summed E-state index contributed by atoms with van der Waals surface area (Å²) in [6.45, 7) is 2.11. The maximum atomic E-state index is 10.6. The SMILES string of the molecule is C/C=C/CCCCCCCCCCCCCCCCCCC(=O)Cl. The molecule has 0 rings (SSSR count). The first-order valence-corrected chi connectivity index (χ1v) is 10.9. The first-order valence-electron chi connectivity index (χ1n) is 10.6. The van der Waals surface area contributed by atoms with Crippen molar-refractivity contribution in [1.82, 2.24) is 0 Å². The van der Waals surface area contributed by atoms with E-state index in [9.17, 15) is 4.79 Å². The number of hydrogen-bond donors (Lipinski definition) is 0. The van der Waals surface area contributed by atoms with Gasteiger partial charge in [0.2, 0.25) is 5.24 Å². The Morgan fingerprint density at radius 1 is 0.625 bits per heavy atom. The molecule has 0 saturated carbocycles. The molecule has 0 heterocycles. The van der Waals surface area contributed by atoms with E-state index in [1.54, 1.807) is 0 Å². The molecule has 2 heteroatoms. The summed E-state index contributed by atoms with van der Waals surface area (Å²) in [7, 11) is 0. The lowest BCUT2D eigenvalue weighted by atomic mass is 10.0. The van der Waals surface area contributed by atoms with Gasteiger partial charge in [0.25, 0.3) is 0 Å². The summed E-state index contributed by atoms with van der Waals surface area (Å²) in [6, 6.07) is 0. The van der Waals surface area contributed by atoms with E-state index in [2.05, 4.69) is 19.1 Å². The maximum Gasteiger partial charge on any atom is 0.221 e. The minimum Gasteiger partial charge on any atom is -0.281 e. The predicted octanol–water partition coefficient (Wildman–Crippen LogP) is 8.35. The fraction of sp³-hybridized carbons (Fsp3) is 0.864. The van der Waals surface area contributed by atoms with Crippen molar-refractivity contribution in [3.8, 4) is 0 Å². The monoisotopic (exact) mass is 356 g/mol. The number of rotatable bonds is 19. The van der Waals surface area contributed by atoms with Crippen LogP contribution in [-0.4, -0.2) is 5.24 Å². The summed E-state index contributed by atoms with van der Waals surface area (Å²) in [6.07, 6.45) is 27.9. The predicted molar refractivity (Wildman–Crippen MR) is 109 cm³/mol. The standard InChI is InChI=1S/C22H41ClO/c1-2-3-4-5-6-7-8-9-10-11-12-13-14-15-16-17-18-19-20-21-22(23)24/h2-3H,4-21H2,1H3/b3-2+. The van der Waals surface area contributed by atoms with Crippen molar-refractivity contribution in [1.29, 1.82) is 0 Å². The minimum atomic E-state index is -0.181. The van der Waals surface area contributed by atoms with Crippen LogP contribution in [-0.2, 0) is 4.79 Å². The van der Waals surface area contributed by atoms with Gasteiger partial charge in [-0.2, -0.15) is 0 Å². The zero-order valence-corrected chi connectivity index (χ0v) is 16.9. The van der Waals surface area contributed by atoms with Gasteiger partial charge in [-0.1, -0.05) is 102 Å². The molecule has 142 valence electrons. The number of halogens is 1. The van der Waals surface area contributed by atoms with Gasteiger partial charge in [-0.3, -0.25) is 4.79 Å². The summed E-state index contributed by atoms with van der Waals surface area (Å²) in [5, 5.41) is -0.181. The van der Waals surface area contributed by atoms with Crippen LogP contribution < -0.4 is 0 Å². The third-order valence-electron chi connectivity index (χ3n) is 4.73. The third kappa shape index (κ3) is 21.7. The fourth-order valence-corrected chi connectivity index (χ4v) is 3.30. The Balaban J connectivity index is 2.99. The molecule has 24 heavy (non-hydrogen) atoms. The van der Waals surface area contributed by atoms with Crippen LogP contribution in [0.25, 0.3) is 0 Å². The lowest BCUT2D eigenvalue weighted by Crippen LogP contribution is -1.86. The smallest absolute Gasteiger partial charge is 0.221 e. The Kier molecular flexibility index (Phi) is 20.5. The van der Waals surface area contributed by atoms with Crippen LogP contribution in [0.3, 0.4) is 0 Å². The van der Waals surface area contributed by atoms with Gasteiger partial charge in [-0.25, -0.2) is 0 Å². The zero-order chi connectivity index (χ0) is 17.7. The molecule has 0 aromatic heterocycles. The molecule has 0 unspecified atom stereocenters. The third-order valence-corrected chi connectivity index (χ3v) is 4.92. The molecule has 0 bridgehead atoms. The maximum absolute atomic E-state index is 10.6. The summed E-state index contributed by atoms with van der Waals surface area (Å²) in [5.41, 5.74) is 0. The first kappa shape index (κ1) is 23.7. The number of carbonyl (C=O) groups is 1. The van der Waals surface area contributed by atoms with Gasteiger partial charge in [0.15, 0.2) is 0 Å². The largest absolute Gasteiger partial charge is 0.281 e. The van der Waals surface area contributed by atoms with E-state index in [0.29, 0.717) is 6.42 Å². The van der Waals surface area contributed by atoms with Gasteiger partial charge in [-0.05, 0) is 37.8 Å². The number of unbranched alkanes of at least 4 members (excludes halogenated alkanes) is 16. The molecular weight excluding hydrogens is 316 g/mol. The molecule has 0 atom stereocenters. The van der Waals surface area contributed by atoms with Crippen LogP contribution in [0.15, 0.2) is 12.2 Å². The van der Waals surface area contributed by atoms with Crippen molar-refractivity contribution in [2.75, 3.05) is 0 Å². The van der Waals surface area contributed by atoms with E-state index in [0.717, 1.165) is 12.8 Å². The van der Waals surface area contributed by atoms with Gasteiger partial charge in [0, 0.05) is 6.42 Å². The summed E-state index contributed by atoms with van der Waals surface area (Å²) >= 11 is 5.32. The van der Waals surface area contributed by atoms with E-state index in [1.165, 1.54) is 96.3 Å². The Morgan fingerprint density at radius 3 is 1.29 bits per heavy atom. The van der Waals surface area contributed by atoms with E-state index >= 15 is 0 Å². The van der Waals surface area contributed by atoms with E-state index in [-0.39, 0.29) is 5.24 Å². The van der Waals surface area contributed by atoms with Gasteiger partial charge in [-0.15, -0.1) is 0 Å². The van der Waals surface area contributed by atoms with Crippen LogP contribution >= 0.6 is 11.6 Å². The Bertz CT molecular complexity index is 286. The highest BCUT2D eigenvalue weighted by Gasteiger charge is 1.97. The van der Waals surface area contributed by atoms with Crippen molar-refractivity contribution in [3.05, 3.63) is 12.2 Å². The van der Waals surface area contributed by atoms with Crippen molar-refractivity contribution in [2.24, 2.45) is 0 Å². The second kappa shape index (κ2) is 20.7. The summed E-state index contributed by atoms with van der Waals surface area (Å²) in [5.74, 6) is 0. The lowest BCUT2D eigenvalue weighted by molar-refractivity contribution is -0.111. The zero-order valence-electron chi connectivity index (χ0n) is 16.2. The van der Waals surface area contributed by atoms with E-state index < -0.39 is 0 Å². The Labute approximate surface area is 156 Å². The van der Waals surface area contributed by atoms with Crippen LogP contribution in [0.5, 0.6) is 0 Å². The average Bonchev–Trinajstić information content (AvgIpc) is 2.56. The quantitative estimate of drug-likeness (QED) is 0.129. The molecule has 0 spiro atoms. The number of allylic oxidation sites excluding steroid dienone is 2. The minimum absolute atomic E-state index is 0.181. The van der Waals surface area contributed by atoms with Crippen molar-refractivity contribution in [2.45, 2.75) is 122 Å². The van der Waals surface area contributed by atoms with Crippen molar-refractivity contribution >= 4 is 16.8 Å². The molecular formula is C22H41ClO. The molecule has 0 saturated heterocycles. The molecule has 0 radical (unpaired) electrons. The van der Waals surface area contributed by atoms with Crippen LogP contribution in [0, 0.1) is 0 Å². The first-order chi connectivity index (χ1) is 11.8. The molecule has 0 fully saturated rings. The van der Waals surface area contributed by atoms with Crippen LogP contribution in [0.1, 0.15) is 122 Å². The summed E-state index contributed by atoms with van der Waals surface area (Å²) < 4.78 is 0. The van der Waals surface area contributed by atoms with Gasteiger partial charge in [0.05, 0.1) is 0 Å². The molecule has 0 amide bonds. The second-order valence-electron chi connectivity index (χ2n) is 7.12. The van der Waals surface area contributed by atoms with Crippen LogP contribution in [0.4, 0.5) is 0 Å². The Hall–Kier alpha value is -0.300. The van der Waals surface area contributed by atoms with Gasteiger partial charge >= 0.3 is 0 Å². The van der Waals surface area contributed by atoms with Gasteiger partial charge < -0.3 is 0 Å². The molecule has 0 aromatic rings. The van der Waals surface area contributed by atoms with E-state index in [1.807, 2.05) is 0 Å². The van der Waals surface area contributed by atoms with Gasteiger partial charge in [0.1, 0.15) is 0 Å². The lowest BCUT2D eigenvalue weighted by Gasteiger charge is -2.03.